The molecule has 1 heterocycles. The molecular formula is C16H20BrClN2O3. The Bertz CT molecular complexity index is 616. The standard InChI is InChI=1S/C16H20BrClN2O3/c1-16(2,3)23-15(22)20-8-4-5-13(20)14(21)19-12-7-6-10(17)9-11(12)18/h6-7,9,13H,4-5,8H2,1-3H3,(H,19,21). The second-order valence-electron chi connectivity index (χ2n) is 6.45. The summed E-state index contributed by atoms with van der Waals surface area (Å²) in [7, 11) is 0. The van der Waals surface area contributed by atoms with E-state index < -0.39 is 17.7 Å². The minimum atomic E-state index is -0.588. The Balaban J connectivity index is 2.07. The van der Waals surface area contributed by atoms with Crippen LogP contribution < -0.4 is 5.32 Å². The Morgan fingerprint density at radius 2 is 2.09 bits per heavy atom. The first-order valence-electron chi connectivity index (χ1n) is 7.43. The van der Waals surface area contributed by atoms with Crippen molar-refractivity contribution in [2.75, 3.05) is 11.9 Å². The van der Waals surface area contributed by atoms with E-state index in [1.807, 2.05) is 0 Å². The van der Waals surface area contributed by atoms with Gasteiger partial charge in [0.15, 0.2) is 0 Å². The van der Waals surface area contributed by atoms with Gasteiger partial charge in [0.25, 0.3) is 0 Å². The Hall–Kier alpha value is -1.27. The second kappa shape index (κ2) is 7.09. The summed E-state index contributed by atoms with van der Waals surface area (Å²) in [6.07, 6.45) is 0.919. The number of anilines is 1. The number of rotatable bonds is 2. The van der Waals surface area contributed by atoms with Crippen LogP contribution in [-0.4, -0.2) is 35.1 Å². The molecule has 1 fully saturated rings. The summed E-state index contributed by atoms with van der Waals surface area (Å²) in [6.45, 7) is 5.92. The number of ether oxygens (including phenoxy) is 1. The van der Waals surface area contributed by atoms with Gasteiger partial charge in [-0.05, 0) is 51.8 Å². The number of nitrogens with zero attached hydrogens (tertiary/aromatic N) is 1. The summed E-state index contributed by atoms with van der Waals surface area (Å²) in [5, 5.41) is 3.23. The Morgan fingerprint density at radius 1 is 1.39 bits per heavy atom. The van der Waals surface area contributed by atoms with Gasteiger partial charge in [0.2, 0.25) is 5.91 Å². The quantitative estimate of drug-likeness (QED) is 0.794. The highest BCUT2D eigenvalue weighted by Crippen LogP contribution is 2.27. The van der Waals surface area contributed by atoms with Crippen LogP contribution in [0.4, 0.5) is 10.5 Å². The molecule has 1 aliphatic rings. The lowest BCUT2D eigenvalue weighted by Crippen LogP contribution is -2.45. The molecule has 1 aromatic carbocycles. The van der Waals surface area contributed by atoms with Crippen LogP contribution in [0.25, 0.3) is 0 Å². The first-order chi connectivity index (χ1) is 10.7. The van der Waals surface area contributed by atoms with E-state index in [4.69, 9.17) is 16.3 Å². The van der Waals surface area contributed by atoms with Crippen molar-refractivity contribution < 1.29 is 14.3 Å². The maximum Gasteiger partial charge on any atom is 0.410 e. The first kappa shape index (κ1) is 18.1. The van der Waals surface area contributed by atoms with Gasteiger partial charge in [-0.1, -0.05) is 27.5 Å². The van der Waals surface area contributed by atoms with E-state index in [1.165, 1.54) is 4.90 Å². The summed E-state index contributed by atoms with van der Waals surface area (Å²) in [5.41, 5.74) is -0.0636. The zero-order chi connectivity index (χ0) is 17.2. The maximum atomic E-state index is 12.5. The van der Waals surface area contributed by atoms with Crippen molar-refractivity contribution >= 4 is 45.2 Å². The van der Waals surface area contributed by atoms with Crippen LogP contribution in [0.2, 0.25) is 5.02 Å². The van der Waals surface area contributed by atoms with Crippen LogP contribution in [0.5, 0.6) is 0 Å². The van der Waals surface area contributed by atoms with Crippen molar-refractivity contribution in [3.05, 3.63) is 27.7 Å². The normalized spacial score (nSPS) is 18.0. The predicted octanol–water partition coefficient (Wildman–Crippen LogP) is 4.44. The Kier molecular flexibility index (Phi) is 5.57. The molecule has 1 unspecified atom stereocenters. The van der Waals surface area contributed by atoms with Crippen molar-refractivity contribution in [2.45, 2.75) is 45.3 Å². The van der Waals surface area contributed by atoms with Gasteiger partial charge in [-0.2, -0.15) is 0 Å². The molecule has 1 atom stereocenters. The molecule has 1 N–H and O–H groups in total. The molecule has 0 spiro atoms. The van der Waals surface area contributed by atoms with Gasteiger partial charge in [0.1, 0.15) is 11.6 Å². The highest BCUT2D eigenvalue weighted by Gasteiger charge is 2.36. The van der Waals surface area contributed by atoms with E-state index >= 15 is 0 Å². The third-order valence-electron chi connectivity index (χ3n) is 3.37. The van der Waals surface area contributed by atoms with Gasteiger partial charge in [-0.15, -0.1) is 0 Å². The van der Waals surface area contributed by atoms with E-state index in [0.717, 1.165) is 10.9 Å². The van der Waals surface area contributed by atoms with Crippen molar-refractivity contribution in [2.24, 2.45) is 0 Å². The Morgan fingerprint density at radius 3 is 2.70 bits per heavy atom. The molecule has 0 saturated carbocycles. The van der Waals surface area contributed by atoms with Crippen LogP contribution in [0.1, 0.15) is 33.6 Å². The average Bonchev–Trinajstić information content (AvgIpc) is 2.89. The highest BCUT2D eigenvalue weighted by molar-refractivity contribution is 9.10. The molecule has 0 aromatic heterocycles. The second-order valence-corrected chi connectivity index (χ2v) is 7.77. The van der Waals surface area contributed by atoms with E-state index in [1.54, 1.807) is 39.0 Å². The number of hydrogen-bond acceptors (Lipinski definition) is 3. The van der Waals surface area contributed by atoms with Gasteiger partial charge >= 0.3 is 6.09 Å². The minimum absolute atomic E-state index is 0.252. The van der Waals surface area contributed by atoms with Crippen LogP contribution in [0.3, 0.4) is 0 Å². The molecular weight excluding hydrogens is 384 g/mol. The fourth-order valence-electron chi connectivity index (χ4n) is 2.39. The van der Waals surface area contributed by atoms with E-state index in [2.05, 4.69) is 21.2 Å². The fraction of sp³-hybridized carbons (Fsp3) is 0.500. The monoisotopic (exact) mass is 402 g/mol. The van der Waals surface area contributed by atoms with Gasteiger partial charge in [-0.25, -0.2) is 4.79 Å². The molecule has 0 radical (unpaired) electrons. The molecule has 126 valence electrons. The van der Waals surface area contributed by atoms with E-state index in [-0.39, 0.29) is 5.91 Å². The smallest absolute Gasteiger partial charge is 0.410 e. The molecule has 1 saturated heterocycles. The fourth-order valence-corrected chi connectivity index (χ4v) is 3.11. The van der Waals surface area contributed by atoms with Gasteiger partial charge in [-0.3, -0.25) is 9.69 Å². The zero-order valence-corrected chi connectivity index (χ0v) is 15.7. The molecule has 2 amide bonds. The number of carbonyl (C=O) groups is 2. The third kappa shape index (κ3) is 4.85. The molecule has 0 bridgehead atoms. The summed E-state index contributed by atoms with van der Waals surface area (Å²) in [6, 6.07) is 4.68. The van der Waals surface area contributed by atoms with Gasteiger partial charge < -0.3 is 10.1 Å². The van der Waals surface area contributed by atoms with Crippen molar-refractivity contribution in [3.63, 3.8) is 0 Å². The zero-order valence-electron chi connectivity index (χ0n) is 13.4. The number of likely N-dealkylation sites (tertiary alicyclic amines) is 1. The number of benzene rings is 1. The summed E-state index contributed by atoms with van der Waals surface area (Å²) >= 11 is 9.44. The van der Waals surface area contributed by atoms with Crippen molar-refractivity contribution in [1.82, 2.24) is 4.90 Å². The lowest BCUT2D eigenvalue weighted by atomic mass is 10.2. The third-order valence-corrected chi connectivity index (χ3v) is 4.18. The van der Waals surface area contributed by atoms with Crippen molar-refractivity contribution in [3.8, 4) is 0 Å². The molecule has 5 nitrogen and oxygen atoms in total. The highest BCUT2D eigenvalue weighted by atomic mass is 79.9. The molecule has 23 heavy (non-hydrogen) atoms. The predicted molar refractivity (Wildman–Crippen MR) is 93.7 cm³/mol. The Labute approximate surface area is 149 Å². The summed E-state index contributed by atoms with van der Waals surface area (Å²) < 4.78 is 6.20. The molecule has 1 aromatic rings. The summed E-state index contributed by atoms with van der Waals surface area (Å²) in [5.74, 6) is -0.252. The molecule has 0 aliphatic carbocycles. The van der Waals surface area contributed by atoms with Crippen LogP contribution in [0, 0.1) is 0 Å². The molecule has 7 heteroatoms. The topological polar surface area (TPSA) is 58.6 Å². The average molecular weight is 404 g/mol. The lowest BCUT2D eigenvalue weighted by Gasteiger charge is -2.28. The van der Waals surface area contributed by atoms with E-state index in [9.17, 15) is 9.59 Å². The van der Waals surface area contributed by atoms with Crippen LogP contribution >= 0.6 is 27.5 Å². The summed E-state index contributed by atoms with van der Waals surface area (Å²) in [4.78, 5) is 26.2. The number of halogens is 2. The number of nitrogens with one attached hydrogen (secondary N) is 1. The SMILES string of the molecule is CC(C)(C)OC(=O)N1CCCC1C(=O)Nc1ccc(Br)cc1Cl. The number of amides is 2. The van der Waals surface area contributed by atoms with Gasteiger partial charge in [0.05, 0.1) is 10.7 Å². The van der Waals surface area contributed by atoms with E-state index in [0.29, 0.717) is 23.7 Å². The first-order valence-corrected chi connectivity index (χ1v) is 8.60. The molecule has 2 rings (SSSR count). The largest absolute Gasteiger partial charge is 0.444 e. The van der Waals surface area contributed by atoms with Crippen molar-refractivity contribution in [1.29, 1.82) is 0 Å². The number of carbonyl (C=O) groups excluding carboxylic acids is 2. The number of hydrogen-bond donors (Lipinski definition) is 1. The van der Waals surface area contributed by atoms with Crippen LogP contribution in [-0.2, 0) is 9.53 Å². The van der Waals surface area contributed by atoms with Gasteiger partial charge in [0, 0.05) is 11.0 Å². The maximum absolute atomic E-state index is 12.5. The molecule has 1 aliphatic heterocycles. The van der Waals surface area contributed by atoms with Crippen LogP contribution in [0.15, 0.2) is 22.7 Å². The minimum Gasteiger partial charge on any atom is -0.444 e. The lowest BCUT2D eigenvalue weighted by molar-refractivity contribution is -0.120.